The fourth-order valence-electron chi connectivity index (χ4n) is 1.54. The summed E-state index contributed by atoms with van der Waals surface area (Å²) in [5.41, 5.74) is -0.0644. The maximum absolute atomic E-state index is 9.62. The van der Waals surface area contributed by atoms with Crippen LogP contribution in [0.5, 0.6) is 0 Å². The van der Waals surface area contributed by atoms with Crippen LogP contribution in [0.15, 0.2) is 0 Å². The van der Waals surface area contributed by atoms with Gasteiger partial charge in [0.05, 0.1) is 18.2 Å². The van der Waals surface area contributed by atoms with Crippen molar-refractivity contribution >= 4 is 0 Å². The minimum Gasteiger partial charge on any atom is -0.391 e. The summed E-state index contributed by atoms with van der Waals surface area (Å²) < 4.78 is 0. The molecule has 2 unspecified atom stereocenters. The Morgan fingerprint density at radius 1 is 1.67 bits per heavy atom. The van der Waals surface area contributed by atoms with E-state index in [2.05, 4.69) is 6.07 Å². The summed E-state index contributed by atoms with van der Waals surface area (Å²) in [6.45, 7) is 7.36. The lowest BCUT2D eigenvalue weighted by molar-refractivity contribution is 0.0953. The Labute approximate surface area is 73.6 Å². The molecule has 1 aliphatic heterocycles. The second-order valence-electron chi connectivity index (χ2n) is 4.24. The van der Waals surface area contributed by atoms with Gasteiger partial charge in [0, 0.05) is 18.5 Å². The molecule has 0 bridgehead atoms. The van der Waals surface area contributed by atoms with Gasteiger partial charge in [-0.15, -0.1) is 0 Å². The fraction of sp³-hybridized carbons (Fsp3) is 0.889. The molecule has 0 aliphatic carbocycles. The molecular formula is C9H16N2O. The molecule has 0 amide bonds. The molecule has 0 radical (unpaired) electrons. The number of nitrogens with zero attached hydrogens (tertiary/aromatic N) is 2. The summed E-state index contributed by atoms with van der Waals surface area (Å²) >= 11 is 0. The van der Waals surface area contributed by atoms with Crippen molar-refractivity contribution in [2.45, 2.75) is 32.9 Å². The van der Waals surface area contributed by atoms with E-state index in [-0.39, 0.29) is 17.6 Å². The highest BCUT2D eigenvalue weighted by atomic mass is 16.3. The van der Waals surface area contributed by atoms with Crippen LogP contribution in [0.4, 0.5) is 0 Å². The van der Waals surface area contributed by atoms with Crippen LogP contribution in [0.2, 0.25) is 0 Å². The molecule has 1 heterocycles. The van der Waals surface area contributed by atoms with E-state index in [0.29, 0.717) is 6.54 Å². The number of aliphatic hydroxyl groups excluding tert-OH is 1. The quantitative estimate of drug-likeness (QED) is 0.623. The highest BCUT2D eigenvalue weighted by molar-refractivity contribution is 4.98. The fourth-order valence-corrected chi connectivity index (χ4v) is 1.54. The monoisotopic (exact) mass is 168 g/mol. The first-order valence-corrected chi connectivity index (χ1v) is 4.29. The predicted molar refractivity (Wildman–Crippen MR) is 46.4 cm³/mol. The Hall–Kier alpha value is -0.590. The SMILES string of the molecule is CC(C#N)N1CC(O)C(C)(C)C1. The van der Waals surface area contributed by atoms with E-state index >= 15 is 0 Å². The standard InChI is InChI=1S/C9H16N2O/c1-7(4-10)11-5-8(12)9(2,3)6-11/h7-8,12H,5-6H2,1-3H3. The zero-order valence-corrected chi connectivity index (χ0v) is 7.91. The van der Waals surface area contributed by atoms with Crippen LogP contribution in [0.25, 0.3) is 0 Å². The Kier molecular flexibility index (Phi) is 2.41. The van der Waals surface area contributed by atoms with Crippen molar-refractivity contribution < 1.29 is 5.11 Å². The third-order valence-electron chi connectivity index (χ3n) is 2.65. The minimum absolute atomic E-state index is 0.0644. The summed E-state index contributed by atoms with van der Waals surface area (Å²) in [5, 5.41) is 18.3. The lowest BCUT2D eigenvalue weighted by Crippen LogP contribution is -2.30. The van der Waals surface area contributed by atoms with Gasteiger partial charge >= 0.3 is 0 Å². The maximum atomic E-state index is 9.62. The van der Waals surface area contributed by atoms with E-state index < -0.39 is 0 Å². The molecule has 3 heteroatoms. The van der Waals surface area contributed by atoms with Crippen molar-refractivity contribution in [1.82, 2.24) is 4.90 Å². The van der Waals surface area contributed by atoms with Gasteiger partial charge < -0.3 is 5.11 Å². The highest BCUT2D eigenvalue weighted by Crippen LogP contribution is 2.30. The molecule has 1 aliphatic rings. The number of nitriles is 1. The predicted octanol–water partition coefficient (Wildman–Crippen LogP) is 0.601. The number of aliphatic hydroxyl groups is 1. The van der Waals surface area contributed by atoms with Crippen molar-refractivity contribution in [3.8, 4) is 6.07 Å². The topological polar surface area (TPSA) is 47.3 Å². The normalized spacial score (nSPS) is 31.4. The van der Waals surface area contributed by atoms with Crippen LogP contribution in [-0.4, -0.2) is 35.2 Å². The molecule has 3 nitrogen and oxygen atoms in total. The lowest BCUT2D eigenvalue weighted by atomic mass is 9.90. The van der Waals surface area contributed by atoms with Crippen LogP contribution in [-0.2, 0) is 0 Å². The second-order valence-corrected chi connectivity index (χ2v) is 4.24. The number of rotatable bonds is 1. The Balaban J connectivity index is 2.62. The number of likely N-dealkylation sites (tertiary alicyclic amines) is 1. The van der Waals surface area contributed by atoms with Crippen molar-refractivity contribution in [2.24, 2.45) is 5.41 Å². The van der Waals surface area contributed by atoms with E-state index in [9.17, 15) is 5.11 Å². The summed E-state index contributed by atoms with van der Waals surface area (Å²) in [4.78, 5) is 2.02. The summed E-state index contributed by atoms with van der Waals surface area (Å²) in [6, 6.07) is 2.10. The molecule has 0 spiro atoms. The van der Waals surface area contributed by atoms with Crippen molar-refractivity contribution in [2.75, 3.05) is 13.1 Å². The second kappa shape index (κ2) is 3.04. The van der Waals surface area contributed by atoms with Crippen LogP contribution in [0, 0.1) is 16.7 Å². The molecule has 12 heavy (non-hydrogen) atoms. The van der Waals surface area contributed by atoms with Gasteiger partial charge in [0.2, 0.25) is 0 Å². The highest BCUT2D eigenvalue weighted by Gasteiger charge is 2.39. The summed E-state index contributed by atoms with van der Waals surface area (Å²) in [6.07, 6.45) is -0.298. The van der Waals surface area contributed by atoms with Gasteiger partial charge in [0.1, 0.15) is 0 Å². The molecule has 68 valence electrons. The van der Waals surface area contributed by atoms with E-state index in [1.165, 1.54) is 0 Å². The largest absolute Gasteiger partial charge is 0.391 e. The van der Waals surface area contributed by atoms with E-state index in [1.54, 1.807) is 0 Å². The van der Waals surface area contributed by atoms with E-state index in [4.69, 9.17) is 5.26 Å². The van der Waals surface area contributed by atoms with Gasteiger partial charge in [-0.3, -0.25) is 4.90 Å². The Bertz CT molecular complexity index is 207. The molecule has 1 N–H and O–H groups in total. The zero-order chi connectivity index (χ0) is 9.35. The molecule has 1 saturated heterocycles. The average molecular weight is 168 g/mol. The van der Waals surface area contributed by atoms with Gasteiger partial charge in [-0.2, -0.15) is 5.26 Å². The van der Waals surface area contributed by atoms with Crippen LogP contribution >= 0.6 is 0 Å². The van der Waals surface area contributed by atoms with Crippen LogP contribution in [0.1, 0.15) is 20.8 Å². The van der Waals surface area contributed by atoms with Gasteiger partial charge in [0.25, 0.3) is 0 Å². The number of β-amino-alcohol motifs (C(OH)–C–C–N with tert-alkyl or cyclic N) is 1. The molecule has 0 aromatic heterocycles. The smallest absolute Gasteiger partial charge is 0.0950 e. The van der Waals surface area contributed by atoms with Crippen molar-refractivity contribution in [1.29, 1.82) is 5.26 Å². The summed E-state index contributed by atoms with van der Waals surface area (Å²) in [7, 11) is 0. The van der Waals surface area contributed by atoms with Gasteiger partial charge in [-0.1, -0.05) is 13.8 Å². The van der Waals surface area contributed by atoms with Gasteiger partial charge in [-0.05, 0) is 6.92 Å². The Morgan fingerprint density at radius 2 is 2.25 bits per heavy atom. The molecule has 0 aromatic rings. The molecule has 1 rings (SSSR count). The first-order chi connectivity index (χ1) is 5.47. The molecule has 0 aromatic carbocycles. The Morgan fingerprint density at radius 3 is 2.58 bits per heavy atom. The molecule has 2 atom stereocenters. The van der Waals surface area contributed by atoms with E-state index in [0.717, 1.165) is 6.54 Å². The maximum Gasteiger partial charge on any atom is 0.0950 e. The summed E-state index contributed by atoms with van der Waals surface area (Å²) in [5.74, 6) is 0. The van der Waals surface area contributed by atoms with E-state index in [1.807, 2.05) is 25.7 Å². The molecular weight excluding hydrogens is 152 g/mol. The van der Waals surface area contributed by atoms with Crippen LogP contribution in [0.3, 0.4) is 0 Å². The van der Waals surface area contributed by atoms with Gasteiger partial charge in [-0.25, -0.2) is 0 Å². The first kappa shape index (κ1) is 9.50. The lowest BCUT2D eigenvalue weighted by Gasteiger charge is -2.21. The average Bonchev–Trinajstić information content (AvgIpc) is 2.25. The van der Waals surface area contributed by atoms with Crippen molar-refractivity contribution in [3.63, 3.8) is 0 Å². The molecule has 1 fully saturated rings. The number of hydrogen-bond donors (Lipinski definition) is 1. The zero-order valence-electron chi connectivity index (χ0n) is 7.91. The third kappa shape index (κ3) is 1.60. The first-order valence-electron chi connectivity index (χ1n) is 4.29. The van der Waals surface area contributed by atoms with Crippen molar-refractivity contribution in [3.05, 3.63) is 0 Å². The third-order valence-corrected chi connectivity index (χ3v) is 2.65. The number of hydrogen-bond acceptors (Lipinski definition) is 3. The van der Waals surface area contributed by atoms with Crippen LogP contribution < -0.4 is 0 Å². The minimum atomic E-state index is -0.298. The molecule has 0 saturated carbocycles. The van der Waals surface area contributed by atoms with Gasteiger partial charge in [0.15, 0.2) is 0 Å².